The summed E-state index contributed by atoms with van der Waals surface area (Å²) in [5.41, 5.74) is 8.10. The standard InChI is InChI=1S/C19H23N3OS/c1-23-13-15-7-5-6-10-17(15)22-18(20)21-14-19(11-12-19)24-16-8-3-2-4-9-16/h2-10H,11-14H2,1H3,(H3,20,21,22). The number of rotatable bonds is 7. The van der Waals surface area contributed by atoms with Gasteiger partial charge in [0.05, 0.1) is 13.2 Å². The molecule has 0 spiro atoms. The van der Waals surface area contributed by atoms with Crippen molar-refractivity contribution < 1.29 is 4.74 Å². The van der Waals surface area contributed by atoms with Gasteiger partial charge in [0.25, 0.3) is 0 Å². The fourth-order valence-electron chi connectivity index (χ4n) is 2.50. The number of aliphatic imine (C=N–C) groups is 1. The van der Waals surface area contributed by atoms with Crippen molar-refractivity contribution in [3.05, 3.63) is 60.2 Å². The van der Waals surface area contributed by atoms with E-state index in [-0.39, 0.29) is 4.75 Å². The molecule has 1 aliphatic rings. The zero-order valence-electron chi connectivity index (χ0n) is 13.9. The van der Waals surface area contributed by atoms with Gasteiger partial charge in [-0.3, -0.25) is 4.99 Å². The molecule has 24 heavy (non-hydrogen) atoms. The van der Waals surface area contributed by atoms with Gasteiger partial charge in [-0.05, 0) is 31.0 Å². The zero-order chi connectivity index (χ0) is 16.8. The molecule has 1 fully saturated rings. The molecule has 0 heterocycles. The number of guanidine groups is 1. The first-order chi connectivity index (χ1) is 11.7. The van der Waals surface area contributed by atoms with Crippen molar-refractivity contribution in [3.63, 3.8) is 0 Å². The molecule has 0 saturated heterocycles. The van der Waals surface area contributed by atoms with E-state index >= 15 is 0 Å². The van der Waals surface area contributed by atoms with E-state index in [0.717, 1.165) is 17.8 Å². The van der Waals surface area contributed by atoms with Gasteiger partial charge in [-0.1, -0.05) is 36.4 Å². The summed E-state index contributed by atoms with van der Waals surface area (Å²) in [6.45, 7) is 1.28. The molecule has 1 aliphatic carbocycles. The molecule has 0 amide bonds. The molecule has 2 aromatic carbocycles. The van der Waals surface area contributed by atoms with Crippen LogP contribution in [0.5, 0.6) is 0 Å². The van der Waals surface area contributed by atoms with Gasteiger partial charge in [-0.2, -0.15) is 0 Å². The van der Waals surface area contributed by atoms with Crippen molar-refractivity contribution in [2.45, 2.75) is 29.1 Å². The first kappa shape index (κ1) is 16.9. The third-order valence-corrected chi connectivity index (χ3v) is 5.48. The Kier molecular flexibility index (Phi) is 5.43. The largest absolute Gasteiger partial charge is 0.380 e. The monoisotopic (exact) mass is 341 g/mol. The van der Waals surface area contributed by atoms with Gasteiger partial charge in [0.15, 0.2) is 5.96 Å². The maximum absolute atomic E-state index is 6.09. The molecule has 5 heteroatoms. The Hall–Kier alpha value is -1.98. The highest BCUT2D eigenvalue weighted by molar-refractivity contribution is 8.01. The first-order valence-electron chi connectivity index (χ1n) is 8.09. The summed E-state index contributed by atoms with van der Waals surface area (Å²) < 4.78 is 5.42. The van der Waals surface area contributed by atoms with E-state index in [1.807, 2.05) is 42.1 Å². The van der Waals surface area contributed by atoms with E-state index in [1.54, 1.807) is 7.11 Å². The molecular formula is C19H23N3OS. The lowest BCUT2D eigenvalue weighted by atomic mass is 10.2. The molecule has 2 aromatic rings. The minimum atomic E-state index is 0.208. The number of thioether (sulfide) groups is 1. The highest BCUT2D eigenvalue weighted by atomic mass is 32.2. The van der Waals surface area contributed by atoms with Crippen LogP contribution in [0.3, 0.4) is 0 Å². The molecule has 0 aliphatic heterocycles. The van der Waals surface area contributed by atoms with Crippen LogP contribution in [0.2, 0.25) is 0 Å². The van der Waals surface area contributed by atoms with Gasteiger partial charge in [0.1, 0.15) is 0 Å². The van der Waals surface area contributed by atoms with Crippen molar-refractivity contribution in [2.24, 2.45) is 10.7 Å². The highest BCUT2D eigenvalue weighted by Gasteiger charge is 2.43. The average molecular weight is 341 g/mol. The number of methoxy groups -OCH3 is 1. The summed E-state index contributed by atoms with van der Waals surface area (Å²) in [5.74, 6) is 0.457. The summed E-state index contributed by atoms with van der Waals surface area (Å²) in [6, 6.07) is 18.5. The molecule has 3 rings (SSSR count). The Morgan fingerprint density at radius 1 is 1.17 bits per heavy atom. The van der Waals surface area contributed by atoms with Crippen LogP contribution >= 0.6 is 11.8 Å². The van der Waals surface area contributed by atoms with Crippen LogP contribution in [-0.4, -0.2) is 24.4 Å². The SMILES string of the molecule is COCc1ccccc1NC(N)=NCC1(Sc2ccccc2)CC1. The fraction of sp³-hybridized carbons (Fsp3) is 0.316. The molecule has 0 bridgehead atoms. The second-order valence-electron chi connectivity index (χ2n) is 6.01. The molecular weight excluding hydrogens is 318 g/mol. The average Bonchev–Trinajstić information content (AvgIpc) is 3.36. The normalized spacial score (nSPS) is 16.0. The summed E-state index contributed by atoms with van der Waals surface area (Å²) in [6.07, 6.45) is 2.37. The predicted molar refractivity (Wildman–Crippen MR) is 102 cm³/mol. The number of benzene rings is 2. The maximum Gasteiger partial charge on any atom is 0.193 e. The van der Waals surface area contributed by atoms with Crippen LogP contribution in [0.4, 0.5) is 5.69 Å². The molecule has 0 unspecified atom stereocenters. The number of ether oxygens (including phenoxy) is 1. The molecule has 4 nitrogen and oxygen atoms in total. The minimum absolute atomic E-state index is 0.208. The third-order valence-electron chi connectivity index (χ3n) is 4.00. The number of para-hydroxylation sites is 1. The van der Waals surface area contributed by atoms with Crippen molar-refractivity contribution >= 4 is 23.4 Å². The Morgan fingerprint density at radius 3 is 2.58 bits per heavy atom. The van der Waals surface area contributed by atoms with Gasteiger partial charge < -0.3 is 15.8 Å². The van der Waals surface area contributed by atoms with E-state index in [4.69, 9.17) is 10.5 Å². The number of anilines is 1. The van der Waals surface area contributed by atoms with Crippen LogP contribution in [0.25, 0.3) is 0 Å². The highest BCUT2D eigenvalue weighted by Crippen LogP contribution is 2.51. The van der Waals surface area contributed by atoms with Crippen LogP contribution in [-0.2, 0) is 11.3 Å². The van der Waals surface area contributed by atoms with Crippen molar-refractivity contribution in [3.8, 4) is 0 Å². The Morgan fingerprint density at radius 2 is 1.88 bits per heavy atom. The minimum Gasteiger partial charge on any atom is -0.380 e. The van der Waals surface area contributed by atoms with Crippen LogP contribution in [0, 0.1) is 0 Å². The summed E-state index contributed by atoms with van der Waals surface area (Å²) >= 11 is 1.91. The van der Waals surface area contributed by atoms with E-state index in [1.165, 1.54) is 17.7 Å². The first-order valence-corrected chi connectivity index (χ1v) is 8.90. The summed E-state index contributed by atoms with van der Waals surface area (Å²) in [4.78, 5) is 5.87. The Bertz CT molecular complexity index is 699. The lowest BCUT2D eigenvalue weighted by molar-refractivity contribution is 0.185. The van der Waals surface area contributed by atoms with E-state index in [2.05, 4.69) is 34.6 Å². The van der Waals surface area contributed by atoms with Gasteiger partial charge in [0, 0.05) is 28.0 Å². The van der Waals surface area contributed by atoms with E-state index < -0.39 is 0 Å². The second kappa shape index (κ2) is 7.73. The lowest BCUT2D eigenvalue weighted by Crippen LogP contribution is -2.25. The molecule has 1 saturated carbocycles. The van der Waals surface area contributed by atoms with Gasteiger partial charge >= 0.3 is 0 Å². The van der Waals surface area contributed by atoms with Gasteiger partial charge in [0.2, 0.25) is 0 Å². The Labute approximate surface area is 147 Å². The predicted octanol–water partition coefficient (Wildman–Crippen LogP) is 3.88. The summed E-state index contributed by atoms with van der Waals surface area (Å²) in [5, 5.41) is 3.20. The quantitative estimate of drug-likeness (QED) is 0.592. The zero-order valence-corrected chi connectivity index (χ0v) is 14.7. The van der Waals surface area contributed by atoms with Crippen molar-refractivity contribution in [2.75, 3.05) is 19.0 Å². The van der Waals surface area contributed by atoms with Crippen LogP contribution in [0.15, 0.2) is 64.5 Å². The number of hydrogen-bond acceptors (Lipinski definition) is 3. The molecule has 126 valence electrons. The Balaban J connectivity index is 1.60. The second-order valence-corrected chi connectivity index (χ2v) is 7.56. The molecule has 3 N–H and O–H groups in total. The number of nitrogens with one attached hydrogen (secondary N) is 1. The fourth-order valence-corrected chi connectivity index (χ4v) is 3.73. The third kappa shape index (κ3) is 4.52. The van der Waals surface area contributed by atoms with E-state index in [0.29, 0.717) is 12.6 Å². The van der Waals surface area contributed by atoms with Crippen molar-refractivity contribution in [1.29, 1.82) is 0 Å². The van der Waals surface area contributed by atoms with Gasteiger partial charge in [-0.15, -0.1) is 11.8 Å². The summed E-state index contributed by atoms with van der Waals surface area (Å²) in [7, 11) is 1.69. The lowest BCUT2D eigenvalue weighted by Gasteiger charge is -2.14. The van der Waals surface area contributed by atoms with Crippen molar-refractivity contribution in [1.82, 2.24) is 0 Å². The molecule has 0 atom stereocenters. The maximum atomic E-state index is 6.09. The van der Waals surface area contributed by atoms with Gasteiger partial charge in [-0.25, -0.2) is 0 Å². The number of nitrogens with zero attached hydrogens (tertiary/aromatic N) is 1. The van der Waals surface area contributed by atoms with Crippen LogP contribution < -0.4 is 11.1 Å². The van der Waals surface area contributed by atoms with Crippen LogP contribution in [0.1, 0.15) is 18.4 Å². The van der Waals surface area contributed by atoms with E-state index in [9.17, 15) is 0 Å². The topological polar surface area (TPSA) is 59.6 Å². The number of nitrogens with two attached hydrogens (primary N) is 1. The molecule has 0 radical (unpaired) electrons. The number of hydrogen-bond donors (Lipinski definition) is 2. The molecule has 0 aromatic heterocycles. The smallest absolute Gasteiger partial charge is 0.193 e.